The van der Waals surface area contributed by atoms with Crippen molar-refractivity contribution in [2.75, 3.05) is 0 Å². The number of hydrogen-bond donors (Lipinski definition) is 1. The molecule has 5 heteroatoms. The van der Waals surface area contributed by atoms with Gasteiger partial charge in [-0.25, -0.2) is 9.55 Å². The monoisotopic (exact) mass is 262 g/mol. The molecule has 4 aromatic rings. The summed E-state index contributed by atoms with van der Waals surface area (Å²) in [6, 6.07) is 15.0. The van der Waals surface area contributed by atoms with Gasteiger partial charge in [0, 0.05) is 5.39 Å². The predicted molar refractivity (Wildman–Crippen MR) is 77.0 cm³/mol. The third-order valence-corrected chi connectivity index (χ3v) is 3.34. The number of fused-ring (bicyclic) bond motifs is 2. The van der Waals surface area contributed by atoms with E-state index in [0.717, 1.165) is 10.9 Å². The van der Waals surface area contributed by atoms with E-state index in [1.165, 1.54) is 10.9 Å². The SMILES string of the molecule is O=c1c2ccccc2ncn1-c1n[nH]c2ccccc12. The standard InChI is InChI=1S/C15H10N4O/c20-15-11-6-2-3-7-12(11)16-9-19(15)14-10-5-1-4-8-13(10)17-18-14/h1-9H,(H,17,18). The van der Waals surface area contributed by atoms with Gasteiger partial charge in [-0.3, -0.25) is 9.89 Å². The highest BCUT2D eigenvalue weighted by molar-refractivity contribution is 5.86. The van der Waals surface area contributed by atoms with Crippen LogP contribution in [-0.2, 0) is 0 Å². The van der Waals surface area contributed by atoms with Crippen molar-refractivity contribution in [1.29, 1.82) is 0 Å². The first-order valence-corrected chi connectivity index (χ1v) is 6.24. The van der Waals surface area contributed by atoms with E-state index in [2.05, 4.69) is 15.2 Å². The Morgan fingerprint density at radius 3 is 2.60 bits per heavy atom. The average Bonchev–Trinajstić information content (AvgIpc) is 2.92. The van der Waals surface area contributed by atoms with Crippen molar-refractivity contribution in [3.8, 4) is 5.82 Å². The molecule has 2 heterocycles. The third kappa shape index (κ3) is 1.46. The Morgan fingerprint density at radius 2 is 1.70 bits per heavy atom. The summed E-state index contributed by atoms with van der Waals surface area (Å²) < 4.78 is 1.47. The number of rotatable bonds is 1. The first kappa shape index (κ1) is 10.9. The van der Waals surface area contributed by atoms with Gasteiger partial charge in [0.15, 0.2) is 5.82 Å². The normalized spacial score (nSPS) is 11.2. The molecule has 20 heavy (non-hydrogen) atoms. The molecule has 0 amide bonds. The van der Waals surface area contributed by atoms with Crippen LogP contribution in [0.1, 0.15) is 0 Å². The van der Waals surface area contributed by atoms with Gasteiger partial charge in [-0.15, -0.1) is 0 Å². The molecule has 0 aliphatic heterocycles. The fourth-order valence-electron chi connectivity index (χ4n) is 2.35. The number of hydrogen-bond acceptors (Lipinski definition) is 3. The van der Waals surface area contributed by atoms with Crippen LogP contribution in [0.25, 0.3) is 27.6 Å². The van der Waals surface area contributed by atoms with Gasteiger partial charge in [-0.1, -0.05) is 24.3 Å². The number of para-hydroxylation sites is 2. The Bertz CT molecular complexity index is 984. The largest absolute Gasteiger partial charge is 0.276 e. The molecule has 2 aromatic carbocycles. The highest BCUT2D eigenvalue weighted by Gasteiger charge is 2.10. The van der Waals surface area contributed by atoms with Crippen LogP contribution in [0.2, 0.25) is 0 Å². The summed E-state index contributed by atoms with van der Waals surface area (Å²) in [4.78, 5) is 16.9. The molecular weight excluding hydrogens is 252 g/mol. The van der Waals surface area contributed by atoms with E-state index in [9.17, 15) is 4.79 Å². The van der Waals surface area contributed by atoms with Crippen LogP contribution in [0, 0.1) is 0 Å². The average molecular weight is 262 g/mol. The summed E-state index contributed by atoms with van der Waals surface area (Å²) >= 11 is 0. The lowest BCUT2D eigenvalue weighted by molar-refractivity contribution is 0.908. The van der Waals surface area contributed by atoms with Crippen molar-refractivity contribution in [3.63, 3.8) is 0 Å². The minimum atomic E-state index is -0.118. The molecule has 0 unspecified atom stereocenters. The van der Waals surface area contributed by atoms with Gasteiger partial charge in [0.05, 0.1) is 16.4 Å². The molecule has 2 aromatic heterocycles. The first-order chi connectivity index (χ1) is 9.84. The molecule has 0 aliphatic carbocycles. The van der Waals surface area contributed by atoms with E-state index in [1.54, 1.807) is 6.07 Å². The Balaban J connectivity index is 2.08. The van der Waals surface area contributed by atoms with Crippen LogP contribution in [0.5, 0.6) is 0 Å². The van der Waals surface area contributed by atoms with Gasteiger partial charge in [0.1, 0.15) is 6.33 Å². The van der Waals surface area contributed by atoms with Crippen LogP contribution in [0.3, 0.4) is 0 Å². The fourth-order valence-corrected chi connectivity index (χ4v) is 2.35. The van der Waals surface area contributed by atoms with Gasteiger partial charge < -0.3 is 0 Å². The van der Waals surface area contributed by atoms with E-state index < -0.39 is 0 Å². The number of nitrogens with zero attached hydrogens (tertiary/aromatic N) is 3. The van der Waals surface area contributed by atoms with Gasteiger partial charge >= 0.3 is 0 Å². The smallest absolute Gasteiger partial charge is 0.267 e. The topological polar surface area (TPSA) is 63.6 Å². The summed E-state index contributed by atoms with van der Waals surface area (Å²) in [5, 5.41) is 8.64. The lowest BCUT2D eigenvalue weighted by atomic mass is 10.2. The second kappa shape index (κ2) is 4.03. The van der Waals surface area contributed by atoms with Crippen LogP contribution in [-0.4, -0.2) is 19.7 Å². The number of nitrogens with one attached hydrogen (secondary N) is 1. The molecule has 0 fully saturated rings. The second-order valence-corrected chi connectivity index (χ2v) is 4.53. The number of H-pyrrole nitrogens is 1. The van der Waals surface area contributed by atoms with Crippen molar-refractivity contribution >= 4 is 21.8 Å². The van der Waals surface area contributed by atoms with Crippen LogP contribution in [0.4, 0.5) is 0 Å². The molecule has 0 aliphatic rings. The fraction of sp³-hybridized carbons (Fsp3) is 0. The molecule has 0 saturated heterocycles. The van der Waals surface area contributed by atoms with Crippen LogP contribution >= 0.6 is 0 Å². The summed E-state index contributed by atoms with van der Waals surface area (Å²) in [5.41, 5.74) is 1.46. The Kier molecular flexibility index (Phi) is 2.20. The number of aromatic amines is 1. The molecule has 0 atom stereocenters. The van der Waals surface area contributed by atoms with Crippen molar-refractivity contribution in [2.24, 2.45) is 0 Å². The van der Waals surface area contributed by atoms with E-state index in [-0.39, 0.29) is 5.56 Å². The number of aromatic nitrogens is 4. The summed E-state index contributed by atoms with van der Waals surface area (Å²) in [6.07, 6.45) is 1.52. The van der Waals surface area contributed by atoms with Gasteiger partial charge in [0.25, 0.3) is 5.56 Å². The maximum Gasteiger partial charge on any atom is 0.267 e. The van der Waals surface area contributed by atoms with Crippen molar-refractivity contribution < 1.29 is 0 Å². The summed E-state index contributed by atoms with van der Waals surface area (Å²) in [6.45, 7) is 0. The molecule has 96 valence electrons. The van der Waals surface area contributed by atoms with Crippen molar-refractivity contribution in [2.45, 2.75) is 0 Å². The highest BCUT2D eigenvalue weighted by Crippen LogP contribution is 2.18. The van der Waals surface area contributed by atoms with Crippen LogP contribution in [0.15, 0.2) is 59.7 Å². The van der Waals surface area contributed by atoms with E-state index in [1.807, 2.05) is 42.5 Å². The van der Waals surface area contributed by atoms with E-state index in [0.29, 0.717) is 16.7 Å². The summed E-state index contributed by atoms with van der Waals surface area (Å²) in [5.74, 6) is 0.573. The molecule has 4 rings (SSSR count). The zero-order valence-electron chi connectivity index (χ0n) is 10.4. The zero-order chi connectivity index (χ0) is 13.5. The Morgan fingerprint density at radius 1 is 0.950 bits per heavy atom. The van der Waals surface area contributed by atoms with Crippen molar-refractivity contribution in [1.82, 2.24) is 19.7 Å². The molecule has 0 saturated carbocycles. The Labute approximate surface area is 113 Å². The van der Waals surface area contributed by atoms with Gasteiger partial charge in [-0.2, -0.15) is 5.10 Å². The molecule has 0 radical (unpaired) electrons. The second-order valence-electron chi connectivity index (χ2n) is 4.53. The third-order valence-electron chi connectivity index (χ3n) is 3.34. The molecular formula is C15H10N4O. The van der Waals surface area contributed by atoms with E-state index in [4.69, 9.17) is 0 Å². The van der Waals surface area contributed by atoms with Gasteiger partial charge in [-0.05, 0) is 24.3 Å². The first-order valence-electron chi connectivity index (χ1n) is 6.24. The van der Waals surface area contributed by atoms with Crippen molar-refractivity contribution in [3.05, 3.63) is 65.2 Å². The van der Waals surface area contributed by atoms with Crippen LogP contribution < -0.4 is 5.56 Å². The quantitative estimate of drug-likeness (QED) is 0.572. The highest BCUT2D eigenvalue weighted by atomic mass is 16.1. The maximum atomic E-state index is 12.5. The zero-order valence-corrected chi connectivity index (χ0v) is 10.4. The minimum Gasteiger partial charge on any atom is -0.276 e. The lowest BCUT2D eigenvalue weighted by Crippen LogP contribution is -2.19. The molecule has 5 nitrogen and oxygen atoms in total. The lowest BCUT2D eigenvalue weighted by Gasteiger charge is -2.03. The predicted octanol–water partition coefficient (Wildman–Crippen LogP) is 2.26. The van der Waals surface area contributed by atoms with E-state index >= 15 is 0 Å². The van der Waals surface area contributed by atoms with Gasteiger partial charge in [0.2, 0.25) is 0 Å². The maximum absolute atomic E-state index is 12.5. The summed E-state index contributed by atoms with van der Waals surface area (Å²) in [7, 11) is 0. The Hall–Kier alpha value is -2.95. The minimum absolute atomic E-state index is 0.118. The molecule has 0 spiro atoms. The number of benzene rings is 2. The molecule has 1 N–H and O–H groups in total. The molecule has 0 bridgehead atoms.